The molecule has 3 aromatic rings. The molecule has 2 aliphatic heterocycles. The van der Waals surface area contributed by atoms with Gasteiger partial charge in [0.15, 0.2) is 17.2 Å². The number of fused-ring (bicyclic) bond motifs is 3. The molecule has 0 aliphatic carbocycles. The molecule has 2 N–H and O–H groups in total. The Morgan fingerprint density at radius 3 is 2.75 bits per heavy atom. The predicted molar refractivity (Wildman–Crippen MR) is 135 cm³/mol. The van der Waals surface area contributed by atoms with Crippen LogP contribution in [0.2, 0.25) is 0 Å². The summed E-state index contributed by atoms with van der Waals surface area (Å²) in [6, 6.07) is 1.05. The van der Waals surface area contributed by atoms with Crippen molar-refractivity contribution in [1.29, 1.82) is 0 Å². The van der Waals surface area contributed by atoms with E-state index < -0.39 is 41.5 Å². The second kappa shape index (κ2) is 9.75. The van der Waals surface area contributed by atoms with Crippen molar-refractivity contribution in [3.05, 3.63) is 47.0 Å². The first-order valence-electron chi connectivity index (χ1n) is 12.5. The molecule has 1 unspecified atom stereocenters. The molecule has 2 aliphatic rings. The molecule has 0 spiro atoms. The largest absolute Gasteiger partial charge is 0.486 e. The van der Waals surface area contributed by atoms with Gasteiger partial charge in [0.05, 0.1) is 18.9 Å². The van der Waals surface area contributed by atoms with E-state index in [-0.39, 0.29) is 54.5 Å². The molecule has 0 fully saturated rings. The van der Waals surface area contributed by atoms with Gasteiger partial charge in [0.2, 0.25) is 0 Å². The summed E-state index contributed by atoms with van der Waals surface area (Å²) in [5.74, 6) is -1.47. The smallest absolute Gasteiger partial charge is 0.407 e. The summed E-state index contributed by atoms with van der Waals surface area (Å²) in [4.78, 5) is 29.4. The quantitative estimate of drug-likeness (QED) is 0.460. The molecule has 40 heavy (non-hydrogen) atoms. The lowest BCUT2D eigenvalue weighted by Gasteiger charge is -2.37. The third kappa shape index (κ3) is 5.29. The summed E-state index contributed by atoms with van der Waals surface area (Å²) in [6.07, 6.45) is -0.782. The number of aromatic carboxylic acids is 1. The minimum Gasteiger partial charge on any atom is -0.486 e. The fourth-order valence-electron chi connectivity index (χ4n) is 4.80. The van der Waals surface area contributed by atoms with E-state index in [1.165, 1.54) is 27.7 Å². The Hall–Kier alpha value is -4.23. The van der Waals surface area contributed by atoms with Crippen LogP contribution in [0.25, 0.3) is 5.65 Å². The van der Waals surface area contributed by atoms with Crippen molar-refractivity contribution in [2.24, 2.45) is 0 Å². The van der Waals surface area contributed by atoms with Crippen molar-refractivity contribution in [2.75, 3.05) is 18.1 Å². The van der Waals surface area contributed by atoms with Crippen molar-refractivity contribution in [1.82, 2.24) is 19.9 Å². The average molecular weight is 564 g/mol. The summed E-state index contributed by atoms with van der Waals surface area (Å²) in [5.41, 5.74) is -1.13. The molecule has 11 nitrogen and oxygen atoms in total. The summed E-state index contributed by atoms with van der Waals surface area (Å²) >= 11 is 0. The van der Waals surface area contributed by atoms with Crippen molar-refractivity contribution >= 4 is 23.5 Å². The normalized spacial score (nSPS) is 20.1. The zero-order valence-electron chi connectivity index (χ0n) is 22.2. The molecule has 4 heterocycles. The maximum Gasteiger partial charge on any atom is 0.407 e. The molecule has 0 saturated carbocycles. The number of nitrogens with zero attached hydrogens (tertiary/aromatic N) is 4. The number of carboxylic acids is 1. The van der Waals surface area contributed by atoms with Crippen molar-refractivity contribution < 1.29 is 42.1 Å². The Balaban J connectivity index is 1.47. The number of amides is 1. The third-order valence-corrected chi connectivity index (χ3v) is 6.51. The molecule has 1 aromatic carbocycles. The monoisotopic (exact) mass is 563 g/mol. The lowest BCUT2D eigenvalue weighted by molar-refractivity contribution is 0.0447. The van der Waals surface area contributed by atoms with Crippen LogP contribution in [-0.4, -0.2) is 68.6 Å². The van der Waals surface area contributed by atoms with Crippen LogP contribution >= 0.6 is 0 Å². The molecular formula is C26H28F3N5O6. The minimum atomic E-state index is -2.86. The second-order valence-corrected chi connectivity index (χ2v) is 11.0. The van der Waals surface area contributed by atoms with Gasteiger partial charge < -0.3 is 29.5 Å². The molecule has 5 rings (SSSR count). The fraction of sp³-hybridized carbons (Fsp3) is 0.462. The number of aromatic nitrogens is 3. The van der Waals surface area contributed by atoms with E-state index in [1.54, 1.807) is 27.7 Å². The third-order valence-electron chi connectivity index (χ3n) is 6.51. The number of hydrogen-bond acceptors (Lipinski definition) is 8. The Bertz CT molecular complexity index is 1490. The first-order chi connectivity index (χ1) is 18.7. The van der Waals surface area contributed by atoms with Crippen LogP contribution in [-0.2, 0) is 17.7 Å². The van der Waals surface area contributed by atoms with E-state index in [0.717, 1.165) is 6.20 Å². The van der Waals surface area contributed by atoms with Gasteiger partial charge >= 0.3 is 12.1 Å². The average Bonchev–Trinajstić information content (AvgIpc) is 3.41. The number of carbonyl (C=O) groups is 2. The van der Waals surface area contributed by atoms with Crippen LogP contribution in [0.3, 0.4) is 0 Å². The highest BCUT2D eigenvalue weighted by atomic mass is 19.3. The molecule has 0 bridgehead atoms. The van der Waals surface area contributed by atoms with Gasteiger partial charge in [0.1, 0.15) is 41.0 Å². The summed E-state index contributed by atoms with van der Waals surface area (Å²) in [7, 11) is 0. The van der Waals surface area contributed by atoms with Gasteiger partial charge in [0.25, 0.3) is 6.43 Å². The van der Waals surface area contributed by atoms with Crippen molar-refractivity contribution in [2.45, 2.75) is 64.3 Å². The molecule has 0 radical (unpaired) electrons. The summed E-state index contributed by atoms with van der Waals surface area (Å²) < 4.78 is 61.3. The minimum absolute atomic E-state index is 0.0302. The predicted octanol–water partition coefficient (Wildman–Crippen LogP) is 3.82. The SMILES string of the molecule is CC(C)(C)OC(=O)NCC1(C)Cc2cc(F)cc(CN3c4nc5c(C(=O)O)cnn5cc4OC[C@H]3C(F)F)c2O1. The number of carbonyl (C=O) groups excluding carboxylic acids is 1. The Labute approximate surface area is 226 Å². The van der Waals surface area contributed by atoms with Gasteiger partial charge in [-0.15, -0.1) is 0 Å². The van der Waals surface area contributed by atoms with Crippen LogP contribution in [0.5, 0.6) is 11.5 Å². The number of benzene rings is 1. The van der Waals surface area contributed by atoms with E-state index in [4.69, 9.17) is 14.2 Å². The van der Waals surface area contributed by atoms with E-state index in [1.807, 2.05) is 0 Å². The first kappa shape index (κ1) is 27.3. The second-order valence-electron chi connectivity index (χ2n) is 11.0. The van der Waals surface area contributed by atoms with E-state index >= 15 is 0 Å². The van der Waals surface area contributed by atoms with Gasteiger partial charge in [-0.05, 0) is 39.8 Å². The number of halogens is 3. The molecule has 2 aromatic heterocycles. The Morgan fingerprint density at radius 2 is 2.08 bits per heavy atom. The number of nitrogens with one attached hydrogen (secondary N) is 1. The lowest BCUT2D eigenvalue weighted by Crippen LogP contribution is -2.48. The maximum atomic E-state index is 14.8. The number of carboxylic acid groups (broad SMARTS) is 1. The zero-order valence-corrected chi connectivity index (χ0v) is 22.2. The lowest BCUT2D eigenvalue weighted by atomic mass is 9.98. The molecule has 2 atom stereocenters. The topological polar surface area (TPSA) is 128 Å². The van der Waals surface area contributed by atoms with Crippen molar-refractivity contribution in [3.8, 4) is 11.5 Å². The number of alkyl carbamates (subject to hydrolysis) is 1. The zero-order chi connectivity index (χ0) is 29.0. The molecule has 214 valence electrons. The maximum absolute atomic E-state index is 14.8. The van der Waals surface area contributed by atoms with Gasteiger partial charge in [-0.1, -0.05) is 0 Å². The number of rotatable bonds is 6. The highest BCUT2D eigenvalue weighted by Gasteiger charge is 2.40. The van der Waals surface area contributed by atoms with E-state index in [0.29, 0.717) is 11.3 Å². The number of hydrogen-bond donors (Lipinski definition) is 2. The molecule has 0 saturated heterocycles. The van der Waals surface area contributed by atoms with Crippen molar-refractivity contribution in [3.63, 3.8) is 0 Å². The van der Waals surface area contributed by atoms with Gasteiger partial charge in [-0.2, -0.15) is 5.10 Å². The number of alkyl halides is 2. The van der Waals surface area contributed by atoms with Crippen LogP contribution in [0.15, 0.2) is 24.5 Å². The summed E-state index contributed by atoms with van der Waals surface area (Å²) in [5, 5.41) is 16.1. The Kier molecular flexibility index (Phi) is 6.66. The highest BCUT2D eigenvalue weighted by molar-refractivity contribution is 5.94. The van der Waals surface area contributed by atoms with Gasteiger partial charge in [-0.3, -0.25) is 0 Å². The van der Waals surface area contributed by atoms with Crippen LogP contribution in [0.4, 0.5) is 23.8 Å². The van der Waals surface area contributed by atoms with Gasteiger partial charge in [0, 0.05) is 24.1 Å². The van der Waals surface area contributed by atoms with E-state index in [9.17, 15) is 27.9 Å². The van der Waals surface area contributed by atoms with Crippen LogP contribution < -0.4 is 19.7 Å². The Morgan fingerprint density at radius 1 is 1.32 bits per heavy atom. The molecule has 1 amide bonds. The standard InChI is InChI=1S/C26H28F3N5O6/c1-25(2,3)40-24(37)30-12-26(4)7-13-5-15(27)6-14(19(13)39-26)9-33-17(20(28)29)11-38-18-10-34-21(32-22(18)33)16(8-31-34)23(35)36/h5-6,8,10,17,20H,7,9,11-12H2,1-4H3,(H,30,37)(H,35,36)/t17-,26?/m0/s1. The van der Waals surface area contributed by atoms with E-state index in [2.05, 4.69) is 15.4 Å². The fourth-order valence-corrected chi connectivity index (χ4v) is 4.80. The molecular weight excluding hydrogens is 535 g/mol. The van der Waals surface area contributed by atoms with Crippen LogP contribution in [0.1, 0.15) is 49.2 Å². The number of ether oxygens (including phenoxy) is 3. The highest BCUT2D eigenvalue weighted by Crippen LogP contribution is 2.42. The van der Waals surface area contributed by atoms with Crippen LogP contribution in [0, 0.1) is 5.82 Å². The number of anilines is 1. The van der Waals surface area contributed by atoms with Gasteiger partial charge in [-0.25, -0.2) is 32.3 Å². The molecule has 14 heteroatoms. The summed E-state index contributed by atoms with van der Waals surface area (Å²) in [6.45, 7) is 6.37. The first-order valence-corrected chi connectivity index (χ1v) is 12.5.